The third-order valence-electron chi connectivity index (χ3n) is 3.74. The number of halogens is 2. The van der Waals surface area contributed by atoms with Crippen molar-refractivity contribution in [1.29, 1.82) is 5.26 Å². The second-order valence-electron chi connectivity index (χ2n) is 4.84. The molecule has 96 valence electrons. The van der Waals surface area contributed by atoms with E-state index in [0.29, 0.717) is 11.7 Å². The van der Waals surface area contributed by atoms with E-state index in [0.717, 1.165) is 31.7 Å². The Labute approximate surface area is 106 Å². The van der Waals surface area contributed by atoms with Crippen molar-refractivity contribution in [2.24, 2.45) is 5.92 Å². The number of hydrogen-bond acceptors (Lipinski definition) is 2. The minimum atomic E-state index is -0.819. The topological polar surface area (TPSA) is 27.0 Å². The van der Waals surface area contributed by atoms with Crippen LogP contribution in [0.1, 0.15) is 25.7 Å². The fourth-order valence-corrected chi connectivity index (χ4v) is 2.51. The van der Waals surface area contributed by atoms with Crippen LogP contribution in [0.3, 0.4) is 0 Å². The molecule has 0 atom stereocenters. The maximum Gasteiger partial charge on any atom is 0.160 e. The molecule has 1 fully saturated rings. The van der Waals surface area contributed by atoms with E-state index in [1.165, 1.54) is 6.07 Å². The number of rotatable bonds is 2. The van der Waals surface area contributed by atoms with E-state index in [9.17, 15) is 8.78 Å². The molecule has 1 aliphatic rings. The van der Waals surface area contributed by atoms with Crippen LogP contribution in [-0.4, -0.2) is 13.1 Å². The molecule has 0 spiro atoms. The largest absolute Gasteiger partial charge is 0.372 e. The predicted octanol–water partition coefficient (Wildman–Crippen LogP) is 3.48. The Balaban J connectivity index is 2.05. The first kappa shape index (κ1) is 12.8. The van der Waals surface area contributed by atoms with Gasteiger partial charge in [-0.05, 0) is 37.8 Å². The van der Waals surface area contributed by atoms with Crippen LogP contribution < -0.4 is 4.90 Å². The summed E-state index contributed by atoms with van der Waals surface area (Å²) in [6.45, 7) is 0. The highest BCUT2D eigenvalue weighted by Crippen LogP contribution is 2.29. The lowest BCUT2D eigenvalue weighted by molar-refractivity contribution is 0.372. The third kappa shape index (κ3) is 2.61. The molecule has 2 rings (SSSR count). The molecule has 18 heavy (non-hydrogen) atoms. The van der Waals surface area contributed by atoms with Gasteiger partial charge in [0.05, 0.1) is 6.07 Å². The fraction of sp³-hybridized carbons (Fsp3) is 0.500. The Bertz CT molecular complexity index is 459. The van der Waals surface area contributed by atoms with Gasteiger partial charge in [0.25, 0.3) is 0 Å². The molecule has 0 amide bonds. The molecule has 0 bridgehead atoms. The minimum Gasteiger partial charge on any atom is -0.372 e. The van der Waals surface area contributed by atoms with Gasteiger partial charge >= 0.3 is 0 Å². The van der Waals surface area contributed by atoms with Gasteiger partial charge in [0.1, 0.15) is 0 Å². The minimum absolute atomic E-state index is 0.152. The molecular weight excluding hydrogens is 234 g/mol. The van der Waals surface area contributed by atoms with Gasteiger partial charge in [-0.25, -0.2) is 8.78 Å². The Morgan fingerprint density at radius 3 is 2.39 bits per heavy atom. The molecule has 1 saturated carbocycles. The Morgan fingerprint density at radius 2 is 1.83 bits per heavy atom. The highest BCUT2D eigenvalue weighted by Gasteiger charge is 2.24. The molecule has 0 saturated heterocycles. The van der Waals surface area contributed by atoms with Gasteiger partial charge in [-0.2, -0.15) is 5.26 Å². The van der Waals surface area contributed by atoms with E-state index < -0.39 is 11.6 Å². The van der Waals surface area contributed by atoms with Crippen molar-refractivity contribution in [1.82, 2.24) is 0 Å². The lowest BCUT2D eigenvalue weighted by atomic mass is 9.86. The van der Waals surface area contributed by atoms with Crippen LogP contribution >= 0.6 is 0 Å². The lowest BCUT2D eigenvalue weighted by Crippen LogP contribution is -2.35. The SMILES string of the molecule is CN(c1ccc(F)c(F)c1)C1CCC(C#N)CC1. The van der Waals surface area contributed by atoms with E-state index in [1.807, 2.05) is 11.9 Å². The van der Waals surface area contributed by atoms with Crippen molar-refractivity contribution in [3.05, 3.63) is 29.8 Å². The first-order valence-corrected chi connectivity index (χ1v) is 6.19. The number of nitriles is 1. The van der Waals surface area contributed by atoms with Gasteiger partial charge in [0.15, 0.2) is 11.6 Å². The quantitative estimate of drug-likeness (QED) is 0.803. The van der Waals surface area contributed by atoms with Crippen LogP contribution in [0.4, 0.5) is 14.5 Å². The van der Waals surface area contributed by atoms with Crippen LogP contribution in [0.2, 0.25) is 0 Å². The summed E-state index contributed by atoms with van der Waals surface area (Å²) in [5.41, 5.74) is 0.689. The zero-order chi connectivity index (χ0) is 13.1. The molecule has 4 heteroatoms. The number of benzene rings is 1. The summed E-state index contributed by atoms with van der Waals surface area (Å²) in [6.07, 6.45) is 3.62. The van der Waals surface area contributed by atoms with E-state index in [1.54, 1.807) is 6.07 Å². The monoisotopic (exact) mass is 250 g/mol. The zero-order valence-corrected chi connectivity index (χ0v) is 10.4. The summed E-state index contributed by atoms with van der Waals surface area (Å²) < 4.78 is 26.1. The van der Waals surface area contributed by atoms with Gasteiger partial charge in [-0.15, -0.1) is 0 Å². The van der Waals surface area contributed by atoms with Crippen LogP contribution in [-0.2, 0) is 0 Å². The van der Waals surface area contributed by atoms with E-state index >= 15 is 0 Å². The van der Waals surface area contributed by atoms with Crippen LogP contribution in [0.25, 0.3) is 0 Å². The van der Waals surface area contributed by atoms with Crippen molar-refractivity contribution in [3.8, 4) is 6.07 Å². The maximum absolute atomic E-state index is 13.2. The first-order valence-electron chi connectivity index (χ1n) is 6.19. The van der Waals surface area contributed by atoms with Crippen molar-refractivity contribution in [2.45, 2.75) is 31.7 Å². The third-order valence-corrected chi connectivity index (χ3v) is 3.74. The fourth-order valence-electron chi connectivity index (χ4n) is 2.51. The van der Waals surface area contributed by atoms with E-state index in [4.69, 9.17) is 5.26 Å². The molecule has 2 nitrogen and oxygen atoms in total. The molecular formula is C14H16F2N2. The van der Waals surface area contributed by atoms with Gasteiger partial charge in [-0.3, -0.25) is 0 Å². The van der Waals surface area contributed by atoms with Gasteiger partial charge < -0.3 is 4.90 Å². The Kier molecular flexibility index (Phi) is 3.81. The summed E-state index contributed by atoms with van der Waals surface area (Å²) in [4.78, 5) is 1.98. The zero-order valence-electron chi connectivity index (χ0n) is 10.4. The highest BCUT2D eigenvalue weighted by molar-refractivity contribution is 5.47. The van der Waals surface area contributed by atoms with Crippen molar-refractivity contribution in [2.75, 3.05) is 11.9 Å². The molecule has 0 aromatic heterocycles. The van der Waals surface area contributed by atoms with Gasteiger partial charge in [0, 0.05) is 30.8 Å². The molecule has 0 N–H and O–H groups in total. The number of hydrogen-bond donors (Lipinski definition) is 0. The van der Waals surface area contributed by atoms with Crippen LogP contribution in [0.15, 0.2) is 18.2 Å². The molecule has 0 heterocycles. The van der Waals surface area contributed by atoms with E-state index in [2.05, 4.69) is 6.07 Å². The first-order chi connectivity index (χ1) is 8.61. The van der Waals surface area contributed by atoms with E-state index in [-0.39, 0.29) is 5.92 Å². The maximum atomic E-state index is 13.2. The summed E-state index contributed by atoms with van der Waals surface area (Å²) in [5, 5.41) is 8.84. The highest BCUT2D eigenvalue weighted by atomic mass is 19.2. The van der Waals surface area contributed by atoms with Crippen molar-refractivity contribution in [3.63, 3.8) is 0 Å². The van der Waals surface area contributed by atoms with Crippen molar-refractivity contribution >= 4 is 5.69 Å². The molecule has 0 unspecified atom stereocenters. The number of nitrogens with zero attached hydrogens (tertiary/aromatic N) is 2. The second kappa shape index (κ2) is 5.34. The standard InChI is InChI=1S/C14H16F2N2/c1-18(11-4-2-10(9-17)3-5-11)12-6-7-13(15)14(16)8-12/h6-8,10-11H,2-5H2,1H3. The molecule has 1 aliphatic carbocycles. The Morgan fingerprint density at radius 1 is 1.17 bits per heavy atom. The molecule has 1 aromatic carbocycles. The second-order valence-corrected chi connectivity index (χ2v) is 4.84. The average molecular weight is 250 g/mol. The normalized spacial score (nSPS) is 23.4. The average Bonchev–Trinajstić information content (AvgIpc) is 2.41. The molecule has 0 radical (unpaired) electrons. The molecule has 1 aromatic rings. The van der Waals surface area contributed by atoms with Crippen molar-refractivity contribution < 1.29 is 8.78 Å². The summed E-state index contributed by atoms with van der Waals surface area (Å²) in [5.74, 6) is -1.48. The number of anilines is 1. The summed E-state index contributed by atoms with van der Waals surface area (Å²) in [6, 6.07) is 6.57. The summed E-state index contributed by atoms with van der Waals surface area (Å²) >= 11 is 0. The summed E-state index contributed by atoms with van der Waals surface area (Å²) in [7, 11) is 1.89. The smallest absolute Gasteiger partial charge is 0.160 e. The van der Waals surface area contributed by atoms with Crippen LogP contribution in [0.5, 0.6) is 0 Å². The van der Waals surface area contributed by atoms with Crippen LogP contribution in [0, 0.1) is 28.9 Å². The molecule has 0 aliphatic heterocycles. The Hall–Kier alpha value is -1.63. The van der Waals surface area contributed by atoms with Gasteiger partial charge in [0.2, 0.25) is 0 Å². The van der Waals surface area contributed by atoms with Gasteiger partial charge in [-0.1, -0.05) is 0 Å². The lowest BCUT2D eigenvalue weighted by Gasteiger charge is -2.34. The predicted molar refractivity (Wildman–Crippen MR) is 66.1 cm³/mol.